The molecule has 0 unspecified atom stereocenters. The van der Waals surface area contributed by atoms with Gasteiger partial charge in [0.2, 0.25) is 0 Å². The zero-order chi connectivity index (χ0) is 9.97. The second-order valence-corrected chi connectivity index (χ2v) is 4.07. The molecule has 0 spiro atoms. The first-order chi connectivity index (χ1) is 6.79. The van der Waals surface area contributed by atoms with Crippen molar-refractivity contribution in [1.82, 2.24) is 0 Å². The number of rotatable bonds is 2. The highest BCUT2D eigenvalue weighted by Crippen LogP contribution is 2.29. The van der Waals surface area contributed by atoms with Gasteiger partial charge in [0.15, 0.2) is 0 Å². The first kappa shape index (κ1) is 9.26. The lowest BCUT2D eigenvalue weighted by Crippen LogP contribution is -1.94. The fourth-order valence-electron chi connectivity index (χ4n) is 1.94. The van der Waals surface area contributed by atoms with Crippen LogP contribution in [0.4, 0.5) is 0 Å². The minimum Gasteiger partial charge on any atom is -0.0801 e. The van der Waals surface area contributed by atoms with Crippen molar-refractivity contribution in [2.75, 3.05) is 0 Å². The Morgan fingerprint density at radius 3 is 2.57 bits per heavy atom. The largest absolute Gasteiger partial charge is 0.0801 e. The second-order valence-electron chi connectivity index (χ2n) is 4.07. The molecular weight excluding hydrogens is 168 g/mol. The maximum absolute atomic E-state index is 2.25. The van der Waals surface area contributed by atoms with E-state index in [0.717, 1.165) is 6.42 Å². The van der Waals surface area contributed by atoms with Gasteiger partial charge in [0, 0.05) is 0 Å². The summed E-state index contributed by atoms with van der Waals surface area (Å²) in [4.78, 5) is 0. The molecule has 0 bridgehead atoms. The second kappa shape index (κ2) is 3.83. The predicted molar refractivity (Wildman–Crippen MR) is 62.3 cm³/mol. The Bertz CT molecular complexity index is 381. The van der Waals surface area contributed by atoms with Crippen molar-refractivity contribution in [2.45, 2.75) is 26.2 Å². The van der Waals surface area contributed by atoms with Crippen LogP contribution >= 0.6 is 0 Å². The summed E-state index contributed by atoms with van der Waals surface area (Å²) in [5.41, 5.74) is 4.34. The Balaban J connectivity index is 2.42. The summed E-state index contributed by atoms with van der Waals surface area (Å²) in [6.45, 7) is 4.50. The molecule has 0 saturated heterocycles. The summed E-state index contributed by atoms with van der Waals surface area (Å²) in [5.74, 6) is 0.604. The minimum absolute atomic E-state index is 0.604. The molecule has 0 nitrogen and oxygen atoms in total. The van der Waals surface area contributed by atoms with E-state index in [1.54, 1.807) is 0 Å². The van der Waals surface area contributed by atoms with Crippen molar-refractivity contribution in [2.24, 2.45) is 0 Å². The average Bonchev–Trinajstić information content (AvgIpc) is 2.70. The van der Waals surface area contributed by atoms with Gasteiger partial charge in [-0.1, -0.05) is 56.3 Å². The average molecular weight is 184 g/mol. The summed E-state index contributed by atoms with van der Waals surface area (Å²) in [6.07, 6.45) is 7.67. The van der Waals surface area contributed by atoms with E-state index in [0.29, 0.717) is 5.92 Å². The van der Waals surface area contributed by atoms with Gasteiger partial charge in [-0.05, 0) is 29.0 Å². The lowest BCUT2D eigenvalue weighted by Gasteiger charge is -2.13. The number of allylic oxidation sites excluding steroid dienone is 4. The fraction of sp³-hybridized carbons (Fsp3) is 0.286. The molecule has 0 fully saturated rings. The van der Waals surface area contributed by atoms with Crippen LogP contribution in [0.25, 0.3) is 5.57 Å². The molecule has 0 radical (unpaired) electrons. The summed E-state index contributed by atoms with van der Waals surface area (Å²) >= 11 is 0. The van der Waals surface area contributed by atoms with Crippen LogP contribution in [-0.4, -0.2) is 0 Å². The maximum Gasteiger partial charge on any atom is -0.00883 e. The van der Waals surface area contributed by atoms with Gasteiger partial charge in [-0.3, -0.25) is 0 Å². The Morgan fingerprint density at radius 1 is 1.14 bits per heavy atom. The van der Waals surface area contributed by atoms with Crippen molar-refractivity contribution in [3.8, 4) is 0 Å². The molecule has 1 aromatic carbocycles. The molecule has 0 atom stereocenters. The van der Waals surface area contributed by atoms with E-state index in [9.17, 15) is 0 Å². The van der Waals surface area contributed by atoms with Gasteiger partial charge in [0.25, 0.3) is 0 Å². The van der Waals surface area contributed by atoms with Crippen molar-refractivity contribution in [3.05, 3.63) is 53.6 Å². The summed E-state index contributed by atoms with van der Waals surface area (Å²) in [7, 11) is 0. The topological polar surface area (TPSA) is 0 Å². The molecule has 0 amide bonds. The highest BCUT2D eigenvalue weighted by atomic mass is 14.1. The Labute approximate surface area is 86.0 Å². The molecule has 0 N–H and O–H groups in total. The van der Waals surface area contributed by atoms with Crippen molar-refractivity contribution >= 4 is 5.57 Å². The fourth-order valence-corrected chi connectivity index (χ4v) is 1.94. The van der Waals surface area contributed by atoms with Gasteiger partial charge in [0.05, 0.1) is 0 Å². The van der Waals surface area contributed by atoms with Crippen LogP contribution in [-0.2, 0) is 0 Å². The number of hydrogen-bond acceptors (Lipinski definition) is 0. The normalized spacial score (nSPS) is 14.9. The molecule has 0 aliphatic heterocycles. The van der Waals surface area contributed by atoms with Gasteiger partial charge in [-0.15, -0.1) is 0 Å². The number of hydrogen-bond donors (Lipinski definition) is 0. The Hall–Kier alpha value is -1.30. The maximum atomic E-state index is 2.25. The first-order valence-electron chi connectivity index (χ1n) is 5.24. The van der Waals surface area contributed by atoms with Crippen molar-refractivity contribution < 1.29 is 0 Å². The zero-order valence-corrected chi connectivity index (χ0v) is 8.83. The standard InChI is InChI=1S/C14H16/c1-11(2)13-9-5-6-10-14(13)12-7-3-4-8-12/h3-7,9-11H,8H2,1-2H3. The van der Waals surface area contributed by atoms with Gasteiger partial charge >= 0.3 is 0 Å². The van der Waals surface area contributed by atoms with Crippen molar-refractivity contribution in [1.29, 1.82) is 0 Å². The molecule has 1 aromatic rings. The minimum atomic E-state index is 0.604. The van der Waals surface area contributed by atoms with Crippen LogP contribution in [0.3, 0.4) is 0 Å². The monoisotopic (exact) mass is 184 g/mol. The summed E-state index contributed by atoms with van der Waals surface area (Å²) < 4.78 is 0. The van der Waals surface area contributed by atoms with Crippen molar-refractivity contribution in [3.63, 3.8) is 0 Å². The van der Waals surface area contributed by atoms with E-state index >= 15 is 0 Å². The van der Waals surface area contributed by atoms with Gasteiger partial charge in [-0.2, -0.15) is 0 Å². The molecule has 2 rings (SSSR count). The van der Waals surface area contributed by atoms with E-state index in [1.807, 2.05) is 0 Å². The van der Waals surface area contributed by atoms with Crippen LogP contribution in [0.15, 0.2) is 42.5 Å². The molecule has 0 heterocycles. The van der Waals surface area contributed by atoms with E-state index in [1.165, 1.54) is 16.7 Å². The SMILES string of the molecule is CC(C)c1ccccc1C1=CC=CC1. The van der Waals surface area contributed by atoms with Crippen LogP contribution in [0.1, 0.15) is 37.3 Å². The van der Waals surface area contributed by atoms with E-state index in [4.69, 9.17) is 0 Å². The molecule has 0 heteroatoms. The molecule has 1 aliphatic rings. The zero-order valence-electron chi connectivity index (χ0n) is 8.83. The highest BCUT2D eigenvalue weighted by Gasteiger charge is 2.09. The van der Waals surface area contributed by atoms with Crippen LogP contribution in [0.5, 0.6) is 0 Å². The van der Waals surface area contributed by atoms with E-state index in [-0.39, 0.29) is 0 Å². The van der Waals surface area contributed by atoms with Crippen LogP contribution in [0, 0.1) is 0 Å². The molecule has 72 valence electrons. The first-order valence-corrected chi connectivity index (χ1v) is 5.24. The van der Waals surface area contributed by atoms with E-state index < -0.39 is 0 Å². The third-order valence-corrected chi connectivity index (χ3v) is 2.70. The molecule has 0 saturated carbocycles. The highest BCUT2D eigenvalue weighted by molar-refractivity contribution is 5.73. The molecule has 0 aromatic heterocycles. The Morgan fingerprint density at radius 2 is 1.93 bits per heavy atom. The lowest BCUT2D eigenvalue weighted by molar-refractivity contribution is 0.862. The third kappa shape index (κ3) is 1.65. The summed E-state index contributed by atoms with van der Waals surface area (Å²) in [6, 6.07) is 8.72. The quantitative estimate of drug-likeness (QED) is 0.647. The third-order valence-electron chi connectivity index (χ3n) is 2.70. The predicted octanol–water partition coefficient (Wildman–Crippen LogP) is 4.15. The molecule has 14 heavy (non-hydrogen) atoms. The van der Waals surface area contributed by atoms with E-state index in [2.05, 4.69) is 56.3 Å². The van der Waals surface area contributed by atoms with Crippen LogP contribution < -0.4 is 0 Å². The van der Waals surface area contributed by atoms with Crippen LogP contribution in [0.2, 0.25) is 0 Å². The number of benzene rings is 1. The van der Waals surface area contributed by atoms with Gasteiger partial charge in [-0.25, -0.2) is 0 Å². The Kier molecular flexibility index (Phi) is 2.53. The molecule has 1 aliphatic carbocycles. The van der Waals surface area contributed by atoms with Gasteiger partial charge < -0.3 is 0 Å². The summed E-state index contributed by atoms with van der Waals surface area (Å²) in [5, 5.41) is 0. The molecular formula is C14H16. The lowest BCUT2D eigenvalue weighted by atomic mass is 9.92. The smallest absolute Gasteiger partial charge is 0.00883 e. The van der Waals surface area contributed by atoms with Gasteiger partial charge in [0.1, 0.15) is 0 Å².